The van der Waals surface area contributed by atoms with E-state index >= 15 is 0 Å². The highest BCUT2D eigenvalue weighted by Gasteiger charge is 2.36. The number of anilines is 1. The van der Waals surface area contributed by atoms with Gasteiger partial charge < -0.3 is 15.0 Å². The lowest BCUT2D eigenvalue weighted by Crippen LogP contribution is -2.54. The van der Waals surface area contributed by atoms with Crippen LogP contribution in [0.25, 0.3) is 0 Å². The quantitative estimate of drug-likeness (QED) is 0.159. The maximum Gasteiger partial charge on any atom is 0.264 e. The van der Waals surface area contributed by atoms with E-state index in [4.69, 9.17) is 27.9 Å². The van der Waals surface area contributed by atoms with E-state index in [1.54, 1.807) is 54.6 Å². The summed E-state index contributed by atoms with van der Waals surface area (Å²) in [5.41, 5.74) is 2.35. The second-order valence-electron chi connectivity index (χ2n) is 11.9. The summed E-state index contributed by atoms with van der Waals surface area (Å²) in [6.45, 7) is 1.11. The number of carbonyl (C=O) groups excluding carboxylic acids is 2. The van der Waals surface area contributed by atoms with E-state index in [-0.39, 0.29) is 41.2 Å². The largest absolute Gasteiger partial charge is 0.495 e. The van der Waals surface area contributed by atoms with E-state index in [1.807, 2.05) is 37.3 Å². The first-order valence-electron chi connectivity index (χ1n) is 15.9. The van der Waals surface area contributed by atoms with Gasteiger partial charge in [0.25, 0.3) is 10.0 Å². The molecule has 0 radical (unpaired) electrons. The van der Waals surface area contributed by atoms with Crippen molar-refractivity contribution >= 4 is 50.7 Å². The van der Waals surface area contributed by atoms with Crippen LogP contribution >= 0.6 is 23.2 Å². The molecule has 0 bridgehead atoms. The number of rotatable bonds is 13. The number of benzene rings is 4. The molecule has 0 unspecified atom stereocenters. The molecule has 1 atom stereocenters. The Morgan fingerprint density at radius 2 is 1.50 bits per heavy atom. The SMILES string of the molecule is COc1ccccc1N(CC(=O)N(Cc1c(Cl)cccc1Cl)[C@H](Cc1ccccc1)C(=O)NC1CCCC1)S(=O)(=O)c1ccc(C)cc1. The van der Waals surface area contributed by atoms with E-state index in [1.165, 1.54) is 24.1 Å². The topological polar surface area (TPSA) is 96.0 Å². The molecule has 48 heavy (non-hydrogen) atoms. The molecule has 1 aliphatic carbocycles. The van der Waals surface area contributed by atoms with Crippen molar-refractivity contribution in [3.8, 4) is 5.75 Å². The van der Waals surface area contributed by atoms with Crippen LogP contribution in [0.2, 0.25) is 10.0 Å². The first-order chi connectivity index (χ1) is 23.1. The number of methoxy groups -OCH3 is 1. The lowest BCUT2D eigenvalue weighted by Gasteiger charge is -2.35. The van der Waals surface area contributed by atoms with E-state index in [2.05, 4.69) is 5.32 Å². The molecule has 2 amide bonds. The van der Waals surface area contributed by atoms with Gasteiger partial charge in [-0.3, -0.25) is 13.9 Å². The predicted molar refractivity (Wildman–Crippen MR) is 190 cm³/mol. The highest BCUT2D eigenvalue weighted by molar-refractivity contribution is 7.92. The molecule has 1 fully saturated rings. The third-order valence-corrected chi connectivity index (χ3v) is 11.1. The number of hydrogen-bond acceptors (Lipinski definition) is 5. The molecular weight excluding hydrogens is 669 g/mol. The van der Waals surface area contributed by atoms with Crippen molar-refractivity contribution in [2.75, 3.05) is 18.0 Å². The summed E-state index contributed by atoms with van der Waals surface area (Å²) < 4.78 is 35.3. The summed E-state index contributed by atoms with van der Waals surface area (Å²) in [5.74, 6) is -0.677. The van der Waals surface area contributed by atoms with Gasteiger partial charge in [0.1, 0.15) is 18.3 Å². The lowest BCUT2D eigenvalue weighted by atomic mass is 10.0. The molecule has 0 aliphatic heterocycles. The number of sulfonamides is 1. The third-order valence-electron chi connectivity index (χ3n) is 8.60. The Morgan fingerprint density at radius 1 is 0.875 bits per heavy atom. The zero-order chi connectivity index (χ0) is 34.3. The summed E-state index contributed by atoms with van der Waals surface area (Å²) in [5, 5.41) is 3.81. The second kappa shape index (κ2) is 15.9. The van der Waals surface area contributed by atoms with Gasteiger partial charge in [0.2, 0.25) is 11.8 Å². The van der Waals surface area contributed by atoms with Crippen molar-refractivity contribution in [2.45, 2.75) is 62.6 Å². The number of ether oxygens (including phenoxy) is 1. The molecule has 8 nitrogen and oxygen atoms in total. The van der Waals surface area contributed by atoms with Gasteiger partial charge in [-0.1, -0.05) is 102 Å². The number of amides is 2. The van der Waals surface area contributed by atoms with Crippen LogP contribution in [-0.4, -0.2) is 50.9 Å². The Labute approximate surface area is 292 Å². The van der Waals surface area contributed by atoms with E-state index in [9.17, 15) is 18.0 Å². The minimum Gasteiger partial charge on any atom is -0.495 e. The summed E-state index contributed by atoms with van der Waals surface area (Å²) >= 11 is 13.2. The molecule has 0 heterocycles. The van der Waals surface area contributed by atoms with Gasteiger partial charge in [-0.25, -0.2) is 8.42 Å². The molecule has 0 saturated heterocycles. The van der Waals surface area contributed by atoms with Crippen LogP contribution in [0.3, 0.4) is 0 Å². The standard InChI is InChI=1S/C37H39Cl2N3O5S/c1-26-19-21-29(22-20-26)48(45,46)42(33-17-8-9-18-35(33)47-2)25-36(43)41(24-30-31(38)15-10-16-32(30)39)34(23-27-11-4-3-5-12-27)37(44)40-28-13-6-7-14-28/h3-5,8-12,15-22,28,34H,6-7,13-14,23-25H2,1-2H3,(H,40,44)/t34-/m1/s1. The molecule has 1 aliphatic rings. The third kappa shape index (κ3) is 8.32. The van der Waals surface area contributed by atoms with Crippen molar-refractivity contribution in [1.29, 1.82) is 0 Å². The van der Waals surface area contributed by atoms with Gasteiger partial charge >= 0.3 is 0 Å². The zero-order valence-corrected chi connectivity index (χ0v) is 29.3. The van der Waals surface area contributed by atoms with Crippen LogP contribution in [0.5, 0.6) is 5.75 Å². The van der Waals surface area contributed by atoms with Gasteiger partial charge in [-0.05, 0) is 61.7 Å². The molecule has 11 heteroatoms. The van der Waals surface area contributed by atoms with Crippen LogP contribution in [0, 0.1) is 6.92 Å². The highest BCUT2D eigenvalue weighted by Crippen LogP contribution is 2.33. The fourth-order valence-electron chi connectivity index (χ4n) is 5.96. The smallest absolute Gasteiger partial charge is 0.264 e. The minimum atomic E-state index is -4.29. The van der Waals surface area contributed by atoms with Crippen LogP contribution in [0.1, 0.15) is 42.4 Å². The van der Waals surface area contributed by atoms with Crippen LogP contribution < -0.4 is 14.4 Å². The predicted octanol–water partition coefficient (Wildman–Crippen LogP) is 7.20. The lowest BCUT2D eigenvalue weighted by molar-refractivity contribution is -0.140. The van der Waals surface area contributed by atoms with Gasteiger partial charge in [-0.2, -0.15) is 0 Å². The summed E-state index contributed by atoms with van der Waals surface area (Å²) in [6.07, 6.45) is 3.91. The highest BCUT2D eigenvalue weighted by atomic mass is 35.5. The van der Waals surface area contributed by atoms with Crippen LogP contribution in [0.15, 0.2) is 102 Å². The molecular formula is C37H39Cl2N3O5S. The minimum absolute atomic E-state index is 0.00677. The van der Waals surface area contributed by atoms with Crippen molar-refractivity contribution in [1.82, 2.24) is 10.2 Å². The molecule has 4 aromatic carbocycles. The number of halogens is 2. The number of carbonyl (C=O) groups is 2. The average molecular weight is 709 g/mol. The first kappa shape index (κ1) is 35.3. The fourth-order valence-corrected chi connectivity index (χ4v) is 7.90. The van der Waals surface area contributed by atoms with E-state index in [0.29, 0.717) is 15.6 Å². The Bertz CT molecular complexity index is 1810. The maximum atomic E-state index is 14.8. The molecule has 5 rings (SSSR count). The molecule has 252 valence electrons. The summed E-state index contributed by atoms with van der Waals surface area (Å²) in [7, 11) is -2.85. The molecule has 4 aromatic rings. The van der Waals surface area contributed by atoms with Crippen molar-refractivity contribution < 1.29 is 22.7 Å². The summed E-state index contributed by atoms with van der Waals surface area (Å²) in [4.78, 5) is 30.4. The number of aryl methyl sites for hydroxylation is 1. The maximum absolute atomic E-state index is 14.8. The molecule has 0 aromatic heterocycles. The van der Waals surface area contributed by atoms with E-state index < -0.39 is 28.5 Å². The summed E-state index contributed by atoms with van der Waals surface area (Å²) in [6, 6.07) is 26.4. The van der Waals surface area contributed by atoms with E-state index in [0.717, 1.165) is 41.1 Å². The normalized spacial score (nSPS) is 13.9. The van der Waals surface area contributed by atoms with Gasteiger partial charge in [-0.15, -0.1) is 0 Å². The molecule has 0 spiro atoms. The number of nitrogens with one attached hydrogen (secondary N) is 1. The number of para-hydroxylation sites is 2. The Kier molecular flexibility index (Phi) is 11.7. The van der Waals surface area contributed by atoms with Crippen molar-refractivity contribution in [3.05, 3.63) is 124 Å². The van der Waals surface area contributed by atoms with Gasteiger partial charge in [0.15, 0.2) is 0 Å². The number of hydrogen-bond donors (Lipinski definition) is 1. The van der Waals surface area contributed by atoms with Gasteiger partial charge in [0, 0.05) is 34.6 Å². The van der Waals surface area contributed by atoms with Gasteiger partial charge in [0.05, 0.1) is 17.7 Å². The Balaban J connectivity index is 1.61. The molecule has 1 N–H and O–H groups in total. The monoisotopic (exact) mass is 707 g/mol. The Hall–Kier alpha value is -4.05. The Morgan fingerprint density at radius 3 is 2.15 bits per heavy atom. The average Bonchev–Trinajstić information content (AvgIpc) is 3.60. The van der Waals surface area contributed by atoms with Crippen LogP contribution in [0.4, 0.5) is 5.69 Å². The van der Waals surface area contributed by atoms with Crippen molar-refractivity contribution in [2.24, 2.45) is 0 Å². The van der Waals surface area contributed by atoms with Crippen LogP contribution in [-0.2, 0) is 32.6 Å². The molecule has 1 saturated carbocycles. The zero-order valence-electron chi connectivity index (χ0n) is 26.9. The number of nitrogens with zero attached hydrogens (tertiary/aromatic N) is 2. The second-order valence-corrected chi connectivity index (χ2v) is 14.6. The van der Waals surface area contributed by atoms with Crippen molar-refractivity contribution in [3.63, 3.8) is 0 Å². The first-order valence-corrected chi connectivity index (χ1v) is 18.1. The fraction of sp³-hybridized carbons (Fsp3) is 0.297.